The largest absolute Gasteiger partial charge is 0.360 e. The van der Waals surface area contributed by atoms with Gasteiger partial charge >= 0.3 is 0 Å². The lowest BCUT2D eigenvalue weighted by atomic mass is 10.2. The number of hydrogen-bond donors (Lipinski definition) is 2. The van der Waals surface area contributed by atoms with Crippen LogP contribution in [0.1, 0.15) is 0 Å². The monoisotopic (exact) mass is 324 g/mol. The Hall–Kier alpha value is -2.60. The van der Waals surface area contributed by atoms with Crippen LogP contribution in [0.15, 0.2) is 59.8 Å². The highest BCUT2D eigenvalue weighted by Crippen LogP contribution is 2.20. The van der Waals surface area contributed by atoms with Crippen molar-refractivity contribution in [2.24, 2.45) is 0 Å². The van der Waals surface area contributed by atoms with Crippen molar-refractivity contribution < 1.29 is 4.79 Å². The SMILES string of the molecule is CSc1cccc(NC(=O)CNc2ncnc3ccccc23)c1. The third-order valence-electron chi connectivity index (χ3n) is 3.31. The van der Waals surface area contributed by atoms with E-state index in [1.165, 1.54) is 6.33 Å². The zero-order valence-electron chi connectivity index (χ0n) is 12.6. The van der Waals surface area contributed by atoms with E-state index >= 15 is 0 Å². The normalized spacial score (nSPS) is 10.5. The van der Waals surface area contributed by atoms with Gasteiger partial charge in [0.25, 0.3) is 0 Å². The molecule has 2 N–H and O–H groups in total. The molecule has 2 aromatic carbocycles. The van der Waals surface area contributed by atoms with Gasteiger partial charge in [-0.15, -0.1) is 11.8 Å². The van der Waals surface area contributed by atoms with Crippen molar-refractivity contribution >= 4 is 40.1 Å². The summed E-state index contributed by atoms with van der Waals surface area (Å²) in [5.74, 6) is 0.537. The number of anilines is 2. The number of amides is 1. The molecule has 116 valence electrons. The summed E-state index contributed by atoms with van der Waals surface area (Å²) in [4.78, 5) is 21.6. The number of thioether (sulfide) groups is 1. The zero-order valence-corrected chi connectivity index (χ0v) is 13.4. The number of nitrogens with one attached hydrogen (secondary N) is 2. The molecule has 1 aromatic heterocycles. The first-order chi connectivity index (χ1) is 11.3. The molecule has 0 saturated heterocycles. The summed E-state index contributed by atoms with van der Waals surface area (Å²) in [6, 6.07) is 15.4. The van der Waals surface area contributed by atoms with Crippen LogP contribution in [0.2, 0.25) is 0 Å². The van der Waals surface area contributed by atoms with Crippen molar-refractivity contribution in [2.45, 2.75) is 4.90 Å². The molecule has 0 aliphatic rings. The van der Waals surface area contributed by atoms with Gasteiger partial charge in [0.2, 0.25) is 5.91 Å². The van der Waals surface area contributed by atoms with E-state index in [1.807, 2.05) is 54.8 Å². The lowest BCUT2D eigenvalue weighted by Crippen LogP contribution is -2.22. The molecule has 0 fully saturated rings. The van der Waals surface area contributed by atoms with Gasteiger partial charge in [-0.1, -0.05) is 18.2 Å². The number of para-hydroxylation sites is 1. The lowest BCUT2D eigenvalue weighted by Gasteiger charge is -2.09. The van der Waals surface area contributed by atoms with Crippen molar-refractivity contribution in [2.75, 3.05) is 23.4 Å². The second kappa shape index (κ2) is 7.11. The van der Waals surface area contributed by atoms with E-state index in [9.17, 15) is 4.79 Å². The van der Waals surface area contributed by atoms with Crippen molar-refractivity contribution in [3.05, 3.63) is 54.9 Å². The fourth-order valence-corrected chi connectivity index (χ4v) is 2.68. The summed E-state index contributed by atoms with van der Waals surface area (Å²) in [5, 5.41) is 6.84. The Morgan fingerprint density at radius 2 is 2.00 bits per heavy atom. The van der Waals surface area contributed by atoms with Crippen LogP contribution in [-0.2, 0) is 4.79 Å². The van der Waals surface area contributed by atoms with Gasteiger partial charge in [0, 0.05) is 16.0 Å². The van der Waals surface area contributed by atoms with Crippen LogP contribution in [-0.4, -0.2) is 28.7 Å². The number of rotatable bonds is 5. The number of fused-ring (bicyclic) bond motifs is 1. The molecule has 0 atom stereocenters. The topological polar surface area (TPSA) is 66.9 Å². The molecule has 3 aromatic rings. The fraction of sp³-hybridized carbons (Fsp3) is 0.118. The number of benzene rings is 2. The molecule has 0 radical (unpaired) electrons. The predicted molar refractivity (Wildman–Crippen MR) is 94.9 cm³/mol. The first-order valence-corrected chi connectivity index (χ1v) is 8.36. The Morgan fingerprint density at radius 1 is 1.13 bits per heavy atom. The molecule has 0 aliphatic carbocycles. The van der Waals surface area contributed by atoms with E-state index < -0.39 is 0 Å². The summed E-state index contributed by atoms with van der Waals surface area (Å²) in [7, 11) is 0. The van der Waals surface area contributed by atoms with Crippen molar-refractivity contribution in [1.29, 1.82) is 0 Å². The van der Waals surface area contributed by atoms with Crippen LogP contribution in [0.3, 0.4) is 0 Å². The van der Waals surface area contributed by atoms with Crippen LogP contribution in [0.4, 0.5) is 11.5 Å². The predicted octanol–water partition coefficient (Wildman–Crippen LogP) is 3.40. The highest BCUT2D eigenvalue weighted by Gasteiger charge is 2.06. The highest BCUT2D eigenvalue weighted by molar-refractivity contribution is 7.98. The van der Waals surface area contributed by atoms with Gasteiger partial charge in [-0.2, -0.15) is 0 Å². The number of nitrogens with zero attached hydrogens (tertiary/aromatic N) is 2. The van der Waals surface area contributed by atoms with Gasteiger partial charge in [-0.3, -0.25) is 4.79 Å². The molecule has 0 aliphatic heterocycles. The molecular weight excluding hydrogens is 308 g/mol. The van der Waals surface area contributed by atoms with Crippen LogP contribution < -0.4 is 10.6 Å². The van der Waals surface area contributed by atoms with Gasteiger partial charge in [0.05, 0.1) is 12.1 Å². The van der Waals surface area contributed by atoms with Gasteiger partial charge in [-0.05, 0) is 36.6 Å². The lowest BCUT2D eigenvalue weighted by molar-refractivity contribution is -0.114. The molecule has 6 heteroatoms. The van der Waals surface area contributed by atoms with Crippen LogP contribution in [0, 0.1) is 0 Å². The van der Waals surface area contributed by atoms with E-state index in [4.69, 9.17) is 0 Å². The van der Waals surface area contributed by atoms with Crippen LogP contribution in [0.5, 0.6) is 0 Å². The smallest absolute Gasteiger partial charge is 0.243 e. The molecule has 0 spiro atoms. The van der Waals surface area contributed by atoms with Crippen LogP contribution >= 0.6 is 11.8 Å². The van der Waals surface area contributed by atoms with Gasteiger partial charge in [0.1, 0.15) is 12.1 Å². The van der Waals surface area contributed by atoms with E-state index in [-0.39, 0.29) is 12.5 Å². The van der Waals surface area contributed by atoms with Gasteiger partial charge < -0.3 is 10.6 Å². The molecule has 0 bridgehead atoms. The first-order valence-electron chi connectivity index (χ1n) is 7.14. The number of carbonyl (C=O) groups is 1. The van der Waals surface area contributed by atoms with Gasteiger partial charge in [0.15, 0.2) is 0 Å². The summed E-state index contributed by atoms with van der Waals surface area (Å²) in [6.07, 6.45) is 3.49. The zero-order chi connectivity index (χ0) is 16.1. The minimum atomic E-state index is -0.119. The second-order valence-electron chi connectivity index (χ2n) is 4.87. The average Bonchev–Trinajstić information content (AvgIpc) is 2.60. The maximum atomic E-state index is 12.1. The molecule has 23 heavy (non-hydrogen) atoms. The summed E-state index contributed by atoms with van der Waals surface area (Å²) >= 11 is 1.64. The summed E-state index contributed by atoms with van der Waals surface area (Å²) in [5.41, 5.74) is 1.63. The van der Waals surface area contributed by atoms with Gasteiger partial charge in [-0.25, -0.2) is 9.97 Å². The third kappa shape index (κ3) is 3.78. The maximum Gasteiger partial charge on any atom is 0.243 e. The molecule has 0 unspecified atom stereocenters. The molecular formula is C17H16N4OS. The fourth-order valence-electron chi connectivity index (χ4n) is 2.22. The van der Waals surface area contributed by atoms with Crippen molar-refractivity contribution in [3.8, 4) is 0 Å². The molecule has 1 amide bonds. The first kappa shape index (κ1) is 15.3. The minimum absolute atomic E-state index is 0.119. The molecule has 5 nitrogen and oxygen atoms in total. The standard InChI is InChI=1S/C17H16N4OS/c1-23-13-6-4-5-12(9-13)21-16(22)10-18-17-14-7-2-3-8-15(14)19-11-20-17/h2-9,11H,10H2,1H3,(H,21,22)(H,18,19,20). The van der Waals surface area contributed by atoms with Crippen molar-refractivity contribution in [3.63, 3.8) is 0 Å². The second-order valence-corrected chi connectivity index (χ2v) is 5.75. The Balaban J connectivity index is 1.66. The average molecular weight is 324 g/mol. The number of aromatic nitrogens is 2. The van der Waals surface area contributed by atoms with E-state index in [0.29, 0.717) is 5.82 Å². The Morgan fingerprint density at radius 3 is 2.87 bits per heavy atom. The molecule has 1 heterocycles. The highest BCUT2D eigenvalue weighted by atomic mass is 32.2. The number of carbonyl (C=O) groups excluding carboxylic acids is 1. The number of hydrogen-bond acceptors (Lipinski definition) is 5. The van der Waals surface area contributed by atoms with Crippen LogP contribution in [0.25, 0.3) is 10.9 Å². The Bertz CT molecular complexity index is 832. The summed E-state index contributed by atoms with van der Waals surface area (Å²) < 4.78 is 0. The quantitative estimate of drug-likeness (QED) is 0.704. The van der Waals surface area contributed by atoms with E-state index in [2.05, 4.69) is 20.6 Å². The minimum Gasteiger partial charge on any atom is -0.360 e. The molecule has 3 rings (SSSR count). The maximum absolute atomic E-state index is 12.1. The Kier molecular flexibility index (Phi) is 4.73. The third-order valence-corrected chi connectivity index (χ3v) is 4.04. The summed E-state index contributed by atoms with van der Waals surface area (Å²) in [6.45, 7) is 0.143. The molecule has 0 saturated carbocycles. The van der Waals surface area contributed by atoms with Crippen molar-refractivity contribution in [1.82, 2.24) is 9.97 Å². The van der Waals surface area contributed by atoms with E-state index in [1.54, 1.807) is 11.8 Å². The van der Waals surface area contributed by atoms with E-state index in [0.717, 1.165) is 21.5 Å². The Labute approximate surface area is 138 Å².